The van der Waals surface area contributed by atoms with Gasteiger partial charge in [-0.3, -0.25) is 5.32 Å². The van der Waals surface area contributed by atoms with E-state index >= 15 is 0 Å². The molecule has 2 heterocycles. The Balaban J connectivity index is 1.65. The lowest BCUT2D eigenvalue weighted by Gasteiger charge is -2.23. The molecule has 0 aromatic carbocycles. The number of hydrogen-bond acceptors (Lipinski definition) is 4. The van der Waals surface area contributed by atoms with Crippen molar-refractivity contribution in [3.63, 3.8) is 0 Å². The highest BCUT2D eigenvalue weighted by Gasteiger charge is 2.22. The van der Waals surface area contributed by atoms with Crippen LogP contribution in [0.1, 0.15) is 29.3 Å². The van der Waals surface area contributed by atoms with Gasteiger partial charge >= 0.3 is 6.03 Å². The van der Waals surface area contributed by atoms with E-state index in [1.165, 1.54) is 16.8 Å². The molecule has 0 aliphatic heterocycles. The Kier molecular flexibility index (Phi) is 3.41. The zero-order valence-corrected chi connectivity index (χ0v) is 11.1. The summed E-state index contributed by atoms with van der Waals surface area (Å²) in [6.07, 6.45) is 6.24. The van der Waals surface area contributed by atoms with Crippen LogP contribution in [0.5, 0.6) is 0 Å². The highest BCUT2D eigenvalue weighted by atomic mass is 32.1. The number of nitrogens with zero attached hydrogens (tertiary/aromatic N) is 2. The number of carbonyl (C=O) groups is 1. The Morgan fingerprint density at radius 2 is 2.37 bits per heavy atom. The van der Waals surface area contributed by atoms with Gasteiger partial charge in [0.1, 0.15) is 12.1 Å². The lowest BCUT2D eigenvalue weighted by molar-refractivity contribution is 0.247. The van der Waals surface area contributed by atoms with Crippen LogP contribution in [-0.4, -0.2) is 16.0 Å². The first-order valence-corrected chi connectivity index (χ1v) is 7.10. The van der Waals surface area contributed by atoms with Crippen molar-refractivity contribution in [1.29, 1.82) is 0 Å². The molecular weight excluding hydrogens is 260 g/mol. The van der Waals surface area contributed by atoms with E-state index in [2.05, 4.69) is 32.0 Å². The first-order chi connectivity index (χ1) is 9.33. The molecule has 2 N–H and O–H groups in total. The number of urea groups is 1. The molecule has 1 aliphatic carbocycles. The van der Waals surface area contributed by atoms with Gasteiger partial charge in [-0.2, -0.15) is 0 Å². The number of amides is 2. The maximum atomic E-state index is 11.9. The molecule has 98 valence electrons. The third kappa shape index (κ3) is 2.73. The smallest absolute Gasteiger partial charge is 0.320 e. The van der Waals surface area contributed by atoms with E-state index < -0.39 is 0 Å². The minimum Gasteiger partial charge on any atom is -0.331 e. The van der Waals surface area contributed by atoms with E-state index in [0.717, 1.165) is 19.3 Å². The molecule has 2 aromatic rings. The van der Waals surface area contributed by atoms with E-state index in [0.29, 0.717) is 5.82 Å². The van der Waals surface area contributed by atoms with Crippen molar-refractivity contribution in [1.82, 2.24) is 15.3 Å². The fraction of sp³-hybridized carbons (Fsp3) is 0.308. The second-order valence-corrected chi connectivity index (χ2v) is 5.44. The Bertz CT molecular complexity index is 569. The first kappa shape index (κ1) is 12.1. The quantitative estimate of drug-likeness (QED) is 0.885. The van der Waals surface area contributed by atoms with Crippen molar-refractivity contribution in [3.05, 3.63) is 40.5 Å². The summed E-state index contributed by atoms with van der Waals surface area (Å²) in [6, 6.07) is 3.66. The van der Waals surface area contributed by atoms with Crippen molar-refractivity contribution in [3.8, 4) is 0 Å². The molecule has 19 heavy (non-hydrogen) atoms. The second-order valence-electron chi connectivity index (χ2n) is 4.44. The lowest BCUT2D eigenvalue weighted by Crippen LogP contribution is -2.34. The van der Waals surface area contributed by atoms with Crippen molar-refractivity contribution < 1.29 is 4.79 Å². The van der Waals surface area contributed by atoms with Crippen molar-refractivity contribution >= 4 is 23.2 Å². The summed E-state index contributed by atoms with van der Waals surface area (Å²) >= 11 is 1.77. The van der Waals surface area contributed by atoms with Crippen LogP contribution in [0.2, 0.25) is 0 Å². The van der Waals surface area contributed by atoms with E-state index in [9.17, 15) is 4.79 Å². The number of carbonyl (C=O) groups excluding carboxylic acids is 1. The molecule has 0 fully saturated rings. The van der Waals surface area contributed by atoms with Crippen LogP contribution in [0.4, 0.5) is 10.6 Å². The van der Waals surface area contributed by atoms with Gasteiger partial charge in [0.2, 0.25) is 0 Å². The summed E-state index contributed by atoms with van der Waals surface area (Å²) < 4.78 is 0. The largest absolute Gasteiger partial charge is 0.331 e. The zero-order chi connectivity index (χ0) is 13.1. The average Bonchev–Trinajstić information content (AvgIpc) is 2.89. The minimum atomic E-state index is -0.220. The number of thiophene rings is 1. The predicted molar refractivity (Wildman–Crippen MR) is 74.2 cm³/mol. The number of aryl methyl sites for hydroxylation is 1. The normalized spacial score (nSPS) is 17.6. The van der Waals surface area contributed by atoms with Gasteiger partial charge in [-0.1, -0.05) is 0 Å². The molecule has 0 saturated heterocycles. The Labute approximate surface area is 115 Å². The van der Waals surface area contributed by atoms with Gasteiger partial charge in [-0.15, -0.1) is 11.3 Å². The molecule has 1 unspecified atom stereocenters. The van der Waals surface area contributed by atoms with Gasteiger partial charge in [0.05, 0.1) is 6.04 Å². The topological polar surface area (TPSA) is 66.9 Å². The van der Waals surface area contributed by atoms with Crippen molar-refractivity contribution in [2.24, 2.45) is 0 Å². The molecule has 0 spiro atoms. The third-order valence-electron chi connectivity index (χ3n) is 3.18. The molecule has 1 aliphatic rings. The Morgan fingerprint density at radius 1 is 1.42 bits per heavy atom. The molecule has 2 amide bonds. The van der Waals surface area contributed by atoms with Gasteiger partial charge in [0.25, 0.3) is 0 Å². The summed E-state index contributed by atoms with van der Waals surface area (Å²) in [4.78, 5) is 21.1. The number of aromatic nitrogens is 2. The van der Waals surface area contributed by atoms with Gasteiger partial charge in [-0.05, 0) is 42.3 Å². The minimum absolute atomic E-state index is 0.108. The van der Waals surface area contributed by atoms with Crippen molar-refractivity contribution in [2.45, 2.75) is 25.3 Å². The van der Waals surface area contributed by atoms with E-state index in [4.69, 9.17) is 0 Å². The summed E-state index contributed by atoms with van der Waals surface area (Å²) in [5.74, 6) is 0.508. The molecule has 0 bridgehead atoms. The SMILES string of the molecule is O=C(Nc1ccncn1)NC1CCCc2sccc21. The molecule has 1 atom stereocenters. The molecule has 0 radical (unpaired) electrons. The molecule has 0 saturated carbocycles. The van der Waals surface area contributed by atoms with Crippen LogP contribution in [0, 0.1) is 0 Å². The molecule has 6 heteroatoms. The maximum Gasteiger partial charge on any atom is 0.320 e. The van der Waals surface area contributed by atoms with Crippen LogP contribution in [0.15, 0.2) is 30.0 Å². The summed E-state index contributed by atoms with van der Waals surface area (Å²) in [6.45, 7) is 0. The van der Waals surface area contributed by atoms with Gasteiger partial charge < -0.3 is 5.32 Å². The van der Waals surface area contributed by atoms with Gasteiger partial charge in [-0.25, -0.2) is 14.8 Å². The molecule has 5 nitrogen and oxygen atoms in total. The maximum absolute atomic E-state index is 11.9. The summed E-state index contributed by atoms with van der Waals surface area (Å²) in [7, 11) is 0. The van der Waals surface area contributed by atoms with Crippen LogP contribution in [0.25, 0.3) is 0 Å². The summed E-state index contributed by atoms with van der Waals surface area (Å²) in [5.41, 5.74) is 1.26. The predicted octanol–water partition coefficient (Wildman–Crippen LogP) is 2.74. The van der Waals surface area contributed by atoms with E-state index in [1.54, 1.807) is 23.6 Å². The third-order valence-corrected chi connectivity index (χ3v) is 4.18. The average molecular weight is 274 g/mol. The van der Waals surface area contributed by atoms with Crippen LogP contribution < -0.4 is 10.6 Å². The van der Waals surface area contributed by atoms with Crippen LogP contribution in [-0.2, 0) is 6.42 Å². The number of hydrogen-bond donors (Lipinski definition) is 2. The summed E-state index contributed by atoms with van der Waals surface area (Å²) in [5, 5.41) is 7.81. The van der Waals surface area contributed by atoms with E-state index in [-0.39, 0.29) is 12.1 Å². The number of anilines is 1. The highest BCUT2D eigenvalue weighted by Crippen LogP contribution is 2.33. The molecule has 3 rings (SSSR count). The van der Waals surface area contributed by atoms with Crippen LogP contribution >= 0.6 is 11.3 Å². The number of nitrogens with one attached hydrogen (secondary N) is 2. The Morgan fingerprint density at radius 3 is 3.21 bits per heavy atom. The Hall–Kier alpha value is -1.95. The molecular formula is C13H14N4OS. The van der Waals surface area contributed by atoms with Gasteiger partial charge in [0.15, 0.2) is 0 Å². The second kappa shape index (κ2) is 5.36. The van der Waals surface area contributed by atoms with E-state index in [1.807, 2.05) is 0 Å². The lowest BCUT2D eigenvalue weighted by atomic mass is 9.94. The fourth-order valence-electron chi connectivity index (χ4n) is 2.31. The highest BCUT2D eigenvalue weighted by molar-refractivity contribution is 7.10. The standard InChI is InChI=1S/C13H14N4OS/c18-13(17-12-4-6-14-8-15-12)16-10-2-1-3-11-9(10)5-7-19-11/h4-8,10H,1-3H2,(H2,14,15,16,17,18). The van der Waals surface area contributed by atoms with Crippen LogP contribution in [0.3, 0.4) is 0 Å². The number of fused-ring (bicyclic) bond motifs is 1. The molecule has 2 aromatic heterocycles. The van der Waals surface area contributed by atoms with Gasteiger partial charge in [0, 0.05) is 11.1 Å². The van der Waals surface area contributed by atoms with Crippen molar-refractivity contribution in [2.75, 3.05) is 5.32 Å². The fourth-order valence-corrected chi connectivity index (χ4v) is 3.30. The zero-order valence-electron chi connectivity index (χ0n) is 10.3. The monoisotopic (exact) mass is 274 g/mol. The first-order valence-electron chi connectivity index (χ1n) is 6.23. The number of rotatable bonds is 2.